The summed E-state index contributed by atoms with van der Waals surface area (Å²) in [6.45, 7) is 4.09. The number of pyridine rings is 1. The minimum atomic E-state index is -4.57. The first-order chi connectivity index (χ1) is 16.1. The summed E-state index contributed by atoms with van der Waals surface area (Å²) in [6, 6.07) is 8.74. The van der Waals surface area contributed by atoms with Crippen LogP contribution in [0.5, 0.6) is 0 Å². The average molecular weight is 486 g/mol. The van der Waals surface area contributed by atoms with Gasteiger partial charge in [-0.25, -0.2) is 0 Å². The molecule has 1 amide bonds. The fourth-order valence-electron chi connectivity index (χ4n) is 4.34. The largest absolute Gasteiger partial charge is 0.417 e. The Morgan fingerprint density at radius 3 is 2.65 bits per heavy atom. The Morgan fingerprint density at radius 1 is 1.18 bits per heavy atom. The molecule has 0 unspecified atom stereocenters. The zero-order valence-corrected chi connectivity index (χ0v) is 19.0. The normalized spacial score (nSPS) is 18.4. The molecule has 0 N–H and O–H groups in total. The van der Waals surface area contributed by atoms with Gasteiger partial charge in [0.2, 0.25) is 0 Å². The molecule has 0 bridgehead atoms. The van der Waals surface area contributed by atoms with Gasteiger partial charge in [0, 0.05) is 24.8 Å². The Balaban J connectivity index is 1.54. The van der Waals surface area contributed by atoms with Crippen LogP contribution in [-0.4, -0.2) is 32.9 Å². The molecule has 0 saturated carbocycles. The molecule has 0 spiro atoms. The summed E-state index contributed by atoms with van der Waals surface area (Å²) in [6.07, 6.45) is -0.656. The van der Waals surface area contributed by atoms with E-state index in [1.807, 2.05) is 32.0 Å². The molecule has 1 aromatic carbocycles. The van der Waals surface area contributed by atoms with Gasteiger partial charge in [0.05, 0.1) is 45.5 Å². The van der Waals surface area contributed by atoms with E-state index in [4.69, 9.17) is 16.6 Å². The molecule has 5 rings (SSSR count). The lowest BCUT2D eigenvalue weighted by atomic mass is 10.0. The van der Waals surface area contributed by atoms with Crippen molar-refractivity contribution in [3.8, 4) is 0 Å². The standard InChI is InChI=1S/C24H19ClF3N5O/c1-13-9-20(19-5-3-4-8-29-19)31-21(13)16-11-30-33-14(2)12-32(23(34)22(16)33)15-6-7-17(18(25)10-15)24(26,27)28/h3-8,10-11,14H,9,12H2,1-2H3/t14-/m0/s1. The maximum absolute atomic E-state index is 13.6. The minimum absolute atomic E-state index is 0.205. The SMILES string of the molecule is CC1=C(c2cnn3c2C(=O)N(c2ccc(C(F)(F)F)c(Cl)c2)C[C@@H]3C)N=C(c2ccccn2)C1. The maximum atomic E-state index is 13.6. The van der Waals surface area contributed by atoms with E-state index in [0.29, 0.717) is 29.1 Å². The first-order valence-corrected chi connectivity index (χ1v) is 11.0. The molecular formula is C24H19ClF3N5O. The topological polar surface area (TPSA) is 63.4 Å². The Hall–Kier alpha value is -3.46. The number of benzene rings is 1. The minimum Gasteiger partial charge on any atom is -0.305 e. The number of halogens is 4. The number of rotatable bonds is 3. The maximum Gasteiger partial charge on any atom is 0.417 e. The molecule has 0 fully saturated rings. The number of anilines is 1. The monoisotopic (exact) mass is 485 g/mol. The third-order valence-electron chi connectivity index (χ3n) is 5.98. The van der Waals surface area contributed by atoms with Crippen molar-refractivity contribution in [1.29, 1.82) is 0 Å². The summed E-state index contributed by atoms with van der Waals surface area (Å²) < 4.78 is 41.1. The molecule has 2 aromatic heterocycles. The van der Waals surface area contributed by atoms with Crippen molar-refractivity contribution in [3.05, 3.63) is 81.9 Å². The second-order valence-electron chi connectivity index (χ2n) is 8.36. The second kappa shape index (κ2) is 8.09. The van der Waals surface area contributed by atoms with Gasteiger partial charge >= 0.3 is 6.18 Å². The smallest absolute Gasteiger partial charge is 0.305 e. The number of alkyl halides is 3. The van der Waals surface area contributed by atoms with Crippen LogP contribution in [0.3, 0.4) is 0 Å². The van der Waals surface area contributed by atoms with E-state index in [9.17, 15) is 18.0 Å². The number of aromatic nitrogens is 3. The molecule has 174 valence electrons. The molecule has 4 heterocycles. The van der Waals surface area contributed by atoms with Crippen molar-refractivity contribution in [2.45, 2.75) is 32.5 Å². The molecule has 6 nitrogen and oxygen atoms in total. The highest BCUT2D eigenvalue weighted by molar-refractivity contribution is 6.31. The number of amides is 1. The first-order valence-electron chi connectivity index (χ1n) is 10.6. The Kier molecular flexibility index (Phi) is 5.31. The number of aliphatic imine (C=N–C) groups is 1. The molecule has 0 aliphatic carbocycles. The molecule has 0 saturated heterocycles. The second-order valence-corrected chi connectivity index (χ2v) is 8.76. The number of fused-ring (bicyclic) bond motifs is 1. The van der Waals surface area contributed by atoms with Crippen LogP contribution < -0.4 is 4.90 Å². The third-order valence-corrected chi connectivity index (χ3v) is 6.29. The molecule has 2 aliphatic heterocycles. The Morgan fingerprint density at radius 2 is 1.97 bits per heavy atom. The fourth-order valence-corrected chi connectivity index (χ4v) is 4.62. The first kappa shape index (κ1) is 22.3. The van der Waals surface area contributed by atoms with Crippen molar-refractivity contribution in [2.24, 2.45) is 4.99 Å². The van der Waals surface area contributed by atoms with Crippen LogP contribution in [0.1, 0.15) is 53.6 Å². The Labute approximate surface area is 198 Å². The van der Waals surface area contributed by atoms with Crippen molar-refractivity contribution in [1.82, 2.24) is 14.8 Å². The lowest BCUT2D eigenvalue weighted by molar-refractivity contribution is -0.137. The highest BCUT2D eigenvalue weighted by Gasteiger charge is 2.37. The summed E-state index contributed by atoms with van der Waals surface area (Å²) in [5.41, 5.74) is 3.49. The zero-order valence-electron chi connectivity index (χ0n) is 18.3. The van der Waals surface area contributed by atoms with E-state index in [1.165, 1.54) is 17.0 Å². The number of carbonyl (C=O) groups is 1. The van der Waals surface area contributed by atoms with Crippen LogP contribution >= 0.6 is 11.6 Å². The Bertz CT molecular complexity index is 1360. The van der Waals surface area contributed by atoms with Crippen LogP contribution in [0.2, 0.25) is 5.02 Å². The highest BCUT2D eigenvalue weighted by atomic mass is 35.5. The van der Waals surface area contributed by atoms with E-state index in [2.05, 4.69) is 10.1 Å². The number of carbonyl (C=O) groups excluding carboxylic acids is 1. The number of allylic oxidation sites excluding steroid dienone is 1. The van der Waals surface area contributed by atoms with Gasteiger partial charge < -0.3 is 4.90 Å². The van der Waals surface area contributed by atoms with Crippen LogP contribution in [0, 0.1) is 0 Å². The van der Waals surface area contributed by atoms with E-state index in [0.717, 1.165) is 23.0 Å². The van der Waals surface area contributed by atoms with E-state index < -0.39 is 16.8 Å². The van der Waals surface area contributed by atoms with Gasteiger partial charge in [-0.2, -0.15) is 18.3 Å². The van der Waals surface area contributed by atoms with Crippen LogP contribution in [0.25, 0.3) is 5.70 Å². The summed E-state index contributed by atoms with van der Waals surface area (Å²) in [4.78, 5) is 24.1. The molecule has 1 atom stereocenters. The number of hydrogen-bond donors (Lipinski definition) is 0. The van der Waals surface area contributed by atoms with E-state index >= 15 is 0 Å². The summed E-state index contributed by atoms with van der Waals surface area (Å²) in [7, 11) is 0. The highest BCUT2D eigenvalue weighted by Crippen LogP contribution is 2.39. The molecule has 10 heteroatoms. The average Bonchev–Trinajstić information content (AvgIpc) is 3.40. The predicted octanol–water partition coefficient (Wildman–Crippen LogP) is 5.80. The van der Waals surface area contributed by atoms with Crippen molar-refractivity contribution in [2.75, 3.05) is 11.4 Å². The van der Waals surface area contributed by atoms with Crippen LogP contribution in [0.15, 0.2) is 59.4 Å². The predicted molar refractivity (Wildman–Crippen MR) is 123 cm³/mol. The van der Waals surface area contributed by atoms with Gasteiger partial charge in [-0.1, -0.05) is 17.7 Å². The third kappa shape index (κ3) is 3.69. The van der Waals surface area contributed by atoms with Gasteiger partial charge in [0.1, 0.15) is 5.69 Å². The summed E-state index contributed by atoms with van der Waals surface area (Å²) in [5, 5.41) is 3.98. The lowest BCUT2D eigenvalue weighted by Gasteiger charge is -2.32. The molecule has 2 aliphatic rings. The van der Waals surface area contributed by atoms with Crippen molar-refractivity contribution >= 4 is 34.6 Å². The van der Waals surface area contributed by atoms with E-state index in [-0.39, 0.29) is 18.5 Å². The van der Waals surface area contributed by atoms with Crippen molar-refractivity contribution in [3.63, 3.8) is 0 Å². The molecular weight excluding hydrogens is 467 g/mol. The number of nitrogens with zero attached hydrogens (tertiary/aromatic N) is 5. The lowest BCUT2D eigenvalue weighted by Crippen LogP contribution is -2.43. The summed E-state index contributed by atoms with van der Waals surface area (Å²) >= 11 is 5.92. The van der Waals surface area contributed by atoms with Crippen LogP contribution in [0.4, 0.5) is 18.9 Å². The quantitative estimate of drug-likeness (QED) is 0.471. The summed E-state index contributed by atoms with van der Waals surface area (Å²) in [5.74, 6) is -0.372. The number of hydrogen-bond acceptors (Lipinski definition) is 4. The fraction of sp³-hybridized carbons (Fsp3) is 0.250. The molecule has 34 heavy (non-hydrogen) atoms. The van der Waals surface area contributed by atoms with Gasteiger partial charge in [-0.05, 0) is 49.8 Å². The van der Waals surface area contributed by atoms with Crippen molar-refractivity contribution < 1.29 is 18.0 Å². The van der Waals surface area contributed by atoms with Gasteiger partial charge in [-0.3, -0.25) is 19.5 Å². The zero-order chi connectivity index (χ0) is 24.2. The van der Waals surface area contributed by atoms with E-state index in [1.54, 1.807) is 17.1 Å². The molecule has 3 aromatic rings. The van der Waals surface area contributed by atoms with Gasteiger partial charge in [0.15, 0.2) is 0 Å². The molecule has 0 radical (unpaired) electrons. The van der Waals surface area contributed by atoms with Gasteiger partial charge in [0.25, 0.3) is 5.91 Å². The van der Waals surface area contributed by atoms with Crippen LogP contribution in [-0.2, 0) is 6.18 Å². The van der Waals surface area contributed by atoms with Gasteiger partial charge in [-0.15, -0.1) is 0 Å².